The maximum atomic E-state index is 12.6. The number of likely N-dealkylation sites (tertiary alicyclic amines) is 1. The van der Waals surface area contributed by atoms with Gasteiger partial charge in [-0.25, -0.2) is 4.98 Å². The number of para-hydroxylation sites is 1. The number of nitrogens with one attached hydrogen (secondary N) is 1. The number of hydrogen-bond donors (Lipinski definition) is 1. The molecule has 2 heterocycles. The van der Waals surface area contributed by atoms with Crippen molar-refractivity contribution in [2.75, 3.05) is 20.1 Å². The average molecular weight is 342 g/mol. The zero-order chi connectivity index (χ0) is 13.9. The number of carbonyl (C=O) groups excluding carboxylic acids is 1. The molecular weight excluding hydrogens is 321 g/mol. The van der Waals surface area contributed by atoms with E-state index in [-0.39, 0.29) is 30.7 Å². The number of hydrogen-bond acceptors (Lipinski definition) is 3. The van der Waals surface area contributed by atoms with Crippen molar-refractivity contribution in [3.8, 4) is 0 Å². The maximum absolute atomic E-state index is 12.6. The third-order valence-corrected chi connectivity index (χ3v) is 3.90. The number of pyridine rings is 1. The van der Waals surface area contributed by atoms with Crippen molar-refractivity contribution in [3.05, 3.63) is 42.1 Å². The molecule has 0 saturated carbocycles. The van der Waals surface area contributed by atoms with Crippen molar-refractivity contribution in [1.82, 2.24) is 15.2 Å². The molecule has 6 heteroatoms. The van der Waals surface area contributed by atoms with E-state index in [9.17, 15) is 4.79 Å². The van der Waals surface area contributed by atoms with E-state index in [2.05, 4.69) is 10.3 Å². The molecule has 1 aromatic carbocycles. The van der Waals surface area contributed by atoms with Crippen molar-refractivity contribution in [1.29, 1.82) is 0 Å². The van der Waals surface area contributed by atoms with Gasteiger partial charge < -0.3 is 10.2 Å². The fourth-order valence-electron chi connectivity index (χ4n) is 2.88. The minimum absolute atomic E-state index is 0. The summed E-state index contributed by atoms with van der Waals surface area (Å²) in [5, 5.41) is 4.23. The standard InChI is InChI=1S/C16H19N3O.2ClH/c1-17-11-13-6-4-10-19(13)16(20)15-9-8-12-5-2-3-7-14(12)18-15;;/h2-3,5,7-9,13,17H,4,6,10-11H2,1H3;2*1H. The SMILES string of the molecule is CNCC1CCCN1C(=O)c1ccc2ccccc2n1.Cl.Cl. The van der Waals surface area contributed by atoms with E-state index < -0.39 is 0 Å². The van der Waals surface area contributed by atoms with Crippen LogP contribution in [0, 0.1) is 0 Å². The normalized spacial score (nSPS) is 17.0. The number of nitrogens with zero attached hydrogens (tertiary/aromatic N) is 2. The van der Waals surface area contributed by atoms with Crippen LogP contribution in [0.25, 0.3) is 10.9 Å². The number of amides is 1. The first-order valence-corrected chi connectivity index (χ1v) is 7.11. The highest BCUT2D eigenvalue weighted by atomic mass is 35.5. The monoisotopic (exact) mass is 341 g/mol. The van der Waals surface area contributed by atoms with Crippen LogP contribution in [0.3, 0.4) is 0 Å². The number of rotatable bonds is 3. The predicted molar refractivity (Wildman–Crippen MR) is 94.2 cm³/mol. The van der Waals surface area contributed by atoms with E-state index in [1.165, 1.54) is 0 Å². The summed E-state index contributed by atoms with van der Waals surface area (Å²) < 4.78 is 0. The van der Waals surface area contributed by atoms with E-state index in [0.717, 1.165) is 36.8 Å². The second-order valence-corrected chi connectivity index (χ2v) is 5.24. The largest absolute Gasteiger partial charge is 0.333 e. The zero-order valence-corrected chi connectivity index (χ0v) is 14.1. The highest BCUT2D eigenvalue weighted by molar-refractivity contribution is 5.95. The lowest BCUT2D eigenvalue weighted by atomic mass is 10.2. The number of benzene rings is 1. The van der Waals surface area contributed by atoms with Crippen LogP contribution in [0.5, 0.6) is 0 Å². The minimum Gasteiger partial charge on any atom is -0.333 e. The zero-order valence-electron chi connectivity index (χ0n) is 12.5. The fourth-order valence-corrected chi connectivity index (χ4v) is 2.88. The molecule has 0 radical (unpaired) electrons. The van der Waals surface area contributed by atoms with E-state index in [0.29, 0.717) is 11.7 Å². The van der Waals surface area contributed by atoms with Gasteiger partial charge in [0.2, 0.25) is 0 Å². The number of halogens is 2. The highest BCUT2D eigenvalue weighted by Gasteiger charge is 2.29. The summed E-state index contributed by atoms with van der Waals surface area (Å²) in [7, 11) is 1.93. The first-order chi connectivity index (χ1) is 9.79. The molecule has 0 bridgehead atoms. The molecule has 1 fully saturated rings. The number of carbonyl (C=O) groups is 1. The van der Waals surface area contributed by atoms with Crippen LogP contribution in [-0.2, 0) is 0 Å². The second kappa shape index (κ2) is 8.32. The Kier molecular flexibility index (Phi) is 7.07. The Morgan fingerprint density at radius 1 is 1.27 bits per heavy atom. The smallest absolute Gasteiger partial charge is 0.272 e. The van der Waals surface area contributed by atoms with Crippen molar-refractivity contribution in [3.63, 3.8) is 0 Å². The first kappa shape index (κ1) is 18.7. The molecule has 3 rings (SSSR count). The molecule has 1 aliphatic rings. The Morgan fingerprint density at radius 3 is 2.82 bits per heavy atom. The third-order valence-electron chi connectivity index (χ3n) is 3.90. The highest BCUT2D eigenvalue weighted by Crippen LogP contribution is 2.20. The molecule has 120 valence electrons. The van der Waals surface area contributed by atoms with Gasteiger partial charge in [0.25, 0.3) is 5.91 Å². The Labute approximate surface area is 143 Å². The Hall–Kier alpha value is -1.36. The van der Waals surface area contributed by atoms with E-state index in [1.807, 2.05) is 48.3 Å². The molecule has 1 N–H and O–H groups in total. The second-order valence-electron chi connectivity index (χ2n) is 5.24. The summed E-state index contributed by atoms with van der Waals surface area (Å²) in [5.41, 5.74) is 1.43. The predicted octanol–water partition coefficient (Wildman–Crippen LogP) is 2.90. The molecule has 22 heavy (non-hydrogen) atoms. The Bertz CT molecular complexity index is 636. The summed E-state index contributed by atoms with van der Waals surface area (Å²) in [6.45, 7) is 1.68. The quantitative estimate of drug-likeness (QED) is 0.933. The first-order valence-electron chi connectivity index (χ1n) is 7.11. The van der Waals surface area contributed by atoms with Gasteiger partial charge in [-0.15, -0.1) is 24.8 Å². The molecule has 0 aliphatic carbocycles. The molecule has 1 aromatic heterocycles. The molecule has 1 unspecified atom stereocenters. The Balaban J connectivity index is 0.00000121. The summed E-state index contributed by atoms with van der Waals surface area (Å²) >= 11 is 0. The summed E-state index contributed by atoms with van der Waals surface area (Å²) in [4.78, 5) is 19.1. The molecule has 0 spiro atoms. The summed E-state index contributed by atoms with van der Waals surface area (Å²) in [5.74, 6) is 0.0495. The van der Waals surface area contributed by atoms with Crippen LogP contribution in [0.1, 0.15) is 23.3 Å². The molecule has 4 nitrogen and oxygen atoms in total. The average Bonchev–Trinajstić information content (AvgIpc) is 2.94. The van der Waals surface area contributed by atoms with Gasteiger partial charge in [-0.1, -0.05) is 24.3 Å². The minimum atomic E-state index is 0. The van der Waals surface area contributed by atoms with Crippen LogP contribution >= 0.6 is 24.8 Å². The lowest BCUT2D eigenvalue weighted by molar-refractivity contribution is 0.0731. The molecule has 1 aliphatic heterocycles. The van der Waals surface area contributed by atoms with Gasteiger partial charge in [-0.05, 0) is 32.0 Å². The Morgan fingerprint density at radius 2 is 2.05 bits per heavy atom. The summed E-state index contributed by atoms with van der Waals surface area (Å²) in [6, 6.07) is 12.0. The van der Waals surface area contributed by atoms with Crippen LogP contribution in [0.2, 0.25) is 0 Å². The van der Waals surface area contributed by atoms with Crippen molar-refractivity contribution in [2.45, 2.75) is 18.9 Å². The van der Waals surface area contributed by atoms with Gasteiger partial charge in [-0.3, -0.25) is 4.79 Å². The van der Waals surface area contributed by atoms with Gasteiger partial charge in [0.05, 0.1) is 5.52 Å². The van der Waals surface area contributed by atoms with Gasteiger partial charge in [0, 0.05) is 24.5 Å². The van der Waals surface area contributed by atoms with Gasteiger partial charge in [0.15, 0.2) is 0 Å². The third kappa shape index (κ3) is 3.69. The molecule has 1 atom stereocenters. The van der Waals surface area contributed by atoms with Crippen LogP contribution in [0.4, 0.5) is 0 Å². The number of likely N-dealkylation sites (N-methyl/N-ethyl adjacent to an activating group) is 1. The number of fused-ring (bicyclic) bond motifs is 1. The summed E-state index contributed by atoms with van der Waals surface area (Å²) in [6.07, 6.45) is 2.14. The van der Waals surface area contributed by atoms with Crippen molar-refractivity contribution >= 4 is 41.6 Å². The van der Waals surface area contributed by atoms with Gasteiger partial charge in [0.1, 0.15) is 5.69 Å². The van der Waals surface area contributed by atoms with Crippen molar-refractivity contribution < 1.29 is 4.79 Å². The topological polar surface area (TPSA) is 45.2 Å². The number of aromatic nitrogens is 1. The molecule has 1 amide bonds. The van der Waals surface area contributed by atoms with E-state index in [4.69, 9.17) is 0 Å². The van der Waals surface area contributed by atoms with Crippen molar-refractivity contribution in [2.24, 2.45) is 0 Å². The molecular formula is C16H21Cl2N3O. The van der Waals surface area contributed by atoms with Gasteiger partial charge >= 0.3 is 0 Å². The lowest BCUT2D eigenvalue weighted by Crippen LogP contribution is -2.41. The van der Waals surface area contributed by atoms with Crippen LogP contribution in [0.15, 0.2) is 36.4 Å². The van der Waals surface area contributed by atoms with E-state index in [1.54, 1.807) is 0 Å². The lowest BCUT2D eigenvalue weighted by Gasteiger charge is -2.24. The van der Waals surface area contributed by atoms with Crippen LogP contribution in [-0.4, -0.2) is 42.0 Å². The molecule has 1 saturated heterocycles. The maximum Gasteiger partial charge on any atom is 0.272 e. The fraction of sp³-hybridized carbons (Fsp3) is 0.375. The van der Waals surface area contributed by atoms with Gasteiger partial charge in [-0.2, -0.15) is 0 Å². The molecule has 2 aromatic rings. The van der Waals surface area contributed by atoms with Crippen LogP contribution < -0.4 is 5.32 Å². The van der Waals surface area contributed by atoms with E-state index >= 15 is 0 Å².